The summed E-state index contributed by atoms with van der Waals surface area (Å²) in [5.41, 5.74) is 0.516. The largest absolute Gasteiger partial charge is 0.444 e. The minimum absolute atomic E-state index is 0.0932. The van der Waals surface area contributed by atoms with Gasteiger partial charge in [0.15, 0.2) is 0 Å². The molecule has 1 heterocycles. The van der Waals surface area contributed by atoms with Crippen molar-refractivity contribution in [2.45, 2.75) is 52.7 Å². The Balaban J connectivity index is 1.99. The van der Waals surface area contributed by atoms with Crippen molar-refractivity contribution in [3.05, 3.63) is 34.9 Å². The van der Waals surface area contributed by atoms with E-state index in [4.69, 9.17) is 16.3 Å². The molecule has 0 unspecified atom stereocenters. The third kappa shape index (κ3) is 5.90. The van der Waals surface area contributed by atoms with Crippen molar-refractivity contribution in [1.82, 2.24) is 9.80 Å². The van der Waals surface area contributed by atoms with Gasteiger partial charge in [-0.2, -0.15) is 0 Å². The van der Waals surface area contributed by atoms with Crippen LogP contribution in [0.5, 0.6) is 0 Å². The minimum atomic E-state index is -0.530. The van der Waals surface area contributed by atoms with Gasteiger partial charge in [0, 0.05) is 31.2 Å². The van der Waals surface area contributed by atoms with E-state index in [9.17, 15) is 9.59 Å². The molecule has 1 fully saturated rings. The minimum Gasteiger partial charge on any atom is -0.444 e. The fourth-order valence-electron chi connectivity index (χ4n) is 3.08. The summed E-state index contributed by atoms with van der Waals surface area (Å²) in [6.45, 7) is 9.77. The zero-order valence-electron chi connectivity index (χ0n) is 16.1. The Morgan fingerprint density at radius 2 is 1.92 bits per heavy atom. The standard InChI is InChI=1S/C20H29ClN2O3/c1-5-22(13-15-8-10-17(21)11-9-15)18(24)16-7-6-12-23(14-16)19(25)26-20(2,3)4/h8-11,16H,5-7,12-14H2,1-4H3/t16-/m1/s1. The number of rotatable bonds is 4. The lowest BCUT2D eigenvalue weighted by Gasteiger charge is -2.35. The van der Waals surface area contributed by atoms with Crippen molar-refractivity contribution >= 4 is 23.6 Å². The third-order valence-corrected chi connectivity index (χ3v) is 4.65. The third-order valence-electron chi connectivity index (χ3n) is 4.40. The van der Waals surface area contributed by atoms with Crippen molar-refractivity contribution < 1.29 is 14.3 Å². The van der Waals surface area contributed by atoms with Crippen LogP contribution in [0.2, 0.25) is 5.02 Å². The van der Waals surface area contributed by atoms with Gasteiger partial charge in [0.05, 0.1) is 5.92 Å². The van der Waals surface area contributed by atoms with Gasteiger partial charge < -0.3 is 14.5 Å². The Morgan fingerprint density at radius 1 is 1.27 bits per heavy atom. The molecule has 1 aromatic rings. The van der Waals surface area contributed by atoms with Crippen molar-refractivity contribution in [1.29, 1.82) is 0 Å². The highest BCUT2D eigenvalue weighted by atomic mass is 35.5. The summed E-state index contributed by atoms with van der Waals surface area (Å²) in [6, 6.07) is 7.54. The first-order chi connectivity index (χ1) is 12.2. The highest BCUT2D eigenvalue weighted by Crippen LogP contribution is 2.22. The molecule has 144 valence electrons. The Hall–Kier alpha value is -1.75. The molecule has 1 aliphatic rings. The zero-order chi connectivity index (χ0) is 19.3. The molecule has 0 saturated carbocycles. The lowest BCUT2D eigenvalue weighted by Crippen LogP contribution is -2.47. The Bertz CT molecular complexity index is 625. The van der Waals surface area contributed by atoms with Crippen LogP contribution in [0.1, 0.15) is 46.1 Å². The lowest BCUT2D eigenvalue weighted by molar-refractivity contribution is -0.137. The maximum absolute atomic E-state index is 13.0. The summed E-state index contributed by atoms with van der Waals surface area (Å²) < 4.78 is 5.45. The molecule has 0 spiro atoms. The van der Waals surface area contributed by atoms with Crippen LogP contribution in [0.15, 0.2) is 24.3 Å². The summed E-state index contributed by atoms with van der Waals surface area (Å²) in [4.78, 5) is 28.8. The maximum Gasteiger partial charge on any atom is 0.410 e. The smallest absolute Gasteiger partial charge is 0.410 e. The van der Waals surface area contributed by atoms with Gasteiger partial charge in [0.1, 0.15) is 5.60 Å². The second-order valence-electron chi connectivity index (χ2n) is 7.74. The molecule has 6 heteroatoms. The summed E-state index contributed by atoms with van der Waals surface area (Å²) in [5, 5.41) is 0.684. The van der Waals surface area contributed by atoms with Crippen molar-refractivity contribution in [2.75, 3.05) is 19.6 Å². The lowest BCUT2D eigenvalue weighted by atomic mass is 9.96. The molecule has 1 aromatic carbocycles. The number of carbonyl (C=O) groups is 2. The summed E-state index contributed by atoms with van der Waals surface area (Å²) in [5.74, 6) is -0.0840. The second-order valence-corrected chi connectivity index (χ2v) is 8.18. The van der Waals surface area contributed by atoms with Gasteiger partial charge in [-0.25, -0.2) is 4.79 Å². The van der Waals surface area contributed by atoms with E-state index in [1.807, 2.05) is 56.9 Å². The van der Waals surface area contributed by atoms with E-state index in [0.29, 0.717) is 31.2 Å². The first-order valence-corrected chi connectivity index (χ1v) is 9.58. The van der Waals surface area contributed by atoms with Crippen molar-refractivity contribution in [2.24, 2.45) is 5.92 Å². The van der Waals surface area contributed by atoms with Gasteiger partial charge in [-0.15, -0.1) is 0 Å². The monoisotopic (exact) mass is 380 g/mol. The number of carbonyl (C=O) groups excluding carboxylic acids is 2. The topological polar surface area (TPSA) is 49.9 Å². The molecular formula is C20H29ClN2O3. The molecular weight excluding hydrogens is 352 g/mol. The van der Waals surface area contributed by atoms with Gasteiger partial charge in [0.2, 0.25) is 5.91 Å². The quantitative estimate of drug-likeness (QED) is 0.780. The van der Waals surface area contributed by atoms with E-state index in [1.165, 1.54) is 0 Å². The number of piperidine rings is 1. The van der Waals surface area contributed by atoms with E-state index in [-0.39, 0.29) is 17.9 Å². The van der Waals surface area contributed by atoms with E-state index in [1.54, 1.807) is 4.90 Å². The molecule has 5 nitrogen and oxygen atoms in total. The van der Waals surface area contributed by atoms with Crippen LogP contribution in [-0.4, -0.2) is 47.0 Å². The van der Waals surface area contributed by atoms with Crippen LogP contribution < -0.4 is 0 Å². The first-order valence-electron chi connectivity index (χ1n) is 9.20. The molecule has 1 atom stereocenters. The van der Waals surface area contributed by atoms with Crippen molar-refractivity contribution in [3.63, 3.8) is 0 Å². The average Bonchev–Trinajstić information content (AvgIpc) is 2.59. The highest BCUT2D eigenvalue weighted by molar-refractivity contribution is 6.30. The van der Waals surface area contributed by atoms with Gasteiger partial charge in [-0.05, 0) is 58.2 Å². The number of hydrogen-bond acceptors (Lipinski definition) is 3. The predicted molar refractivity (Wildman–Crippen MR) is 103 cm³/mol. The van der Waals surface area contributed by atoms with E-state index >= 15 is 0 Å². The molecule has 26 heavy (non-hydrogen) atoms. The molecule has 2 rings (SSSR count). The number of hydrogen-bond donors (Lipinski definition) is 0. The summed E-state index contributed by atoms with van der Waals surface area (Å²) in [6.07, 6.45) is 1.28. The van der Waals surface area contributed by atoms with Gasteiger partial charge in [-0.1, -0.05) is 23.7 Å². The highest BCUT2D eigenvalue weighted by Gasteiger charge is 2.32. The summed E-state index contributed by atoms with van der Waals surface area (Å²) in [7, 11) is 0. The number of amides is 2. The fourth-order valence-corrected chi connectivity index (χ4v) is 3.21. The number of nitrogens with zero attached hydrogens (tertiary/aromatic N) is 2. The SMILES string of the molecule is CCN(Cc1ccc(Cl)cc1)C(=O)[C@@H]1CCCN(C(=O)OC(C)(C)C)C1. The zero-order valence-corrected chi connectivity index (χ0v) is 16.9. The molecule has 1 saturated heterocycles. The van der Waals surface area contributed by atoms with Gasteiger partial charge >= 0.3 is 6.09 Å². The molecule has 0 N–H and O–H groups in total. The van der Waals surface area contributed by atoms with Crippen LogP contribution in [0.25, 0.3) is 0 Å². The van der Waals surface area contributed by atoms with Crippen LogP contribution in [0, 0.1) is 5.92 Å². The predicted octanol–water partition coefficient (Wildman–Crippen LogP) is 4.34. The number of benzene rings is 1. The molecule has 0 aromatic heterocycles. The Kier molecular flexibility index (Phi) is 6.93. The molecule has 0 bridgehead atoms. The molecule has 1 aliphatic heterocycles. The van der Waals surface area contributed by atoms with E-state index < -0.39 is 5.60 Å². The number of ether oxygens (including phenoxy) is 1. The Labute approximate surface area is 161 Å². The van der Waals surface area contributed by atoms with E-state index in [2.05, 4.69) is 0 Å². The number of likely N-dealkylation sites (tertiary alicyclic amines) is 1. The molecule has 0 aliphatic carbocycles. The van der Waals surface area contributed by atoms with E-state index in [0.717, 1.165) is 18.4 Å². The molecule has 2 amide bonds. The van der Waals surface area contributed by atoms with Crippen LogP contribution in [0.3, 0.4) is 0 Å². The van der Waals surface area contributed by atoms with Crippen LogP contribution in [-0.2, 0) is 16.1 Å². The second kappa shape index (κ2) is 8.76. The number of halogens is 1. The van der Waals surface area contributed by atoms with Crippen molar-refractivity contribution in [3.8, 4) is 0 Å². The van der Waals surface area contributed by atoms with Crippen LogP contribution >= 0.6 is 11.6 Å². The Morgan fingerprint density at radius 3 is 2.50 bits per heavy atom. The average molecular weight is 381 g/mol. The van der Waals surface area contributed by atoms with Gasteiger partial charge in [-0.3, -0.25) is 4.79 Å². The normalized spacial score (nSPS) is 17.7. The fraction of sp³-hybridized carbons (Fsp3) is 0.600. The summed E-state index contributed by atoms with van der Waals surface area (Å²) >= 11 is 5.93. The van der Waals surface area contributed by atoms with Gasteiger partial charge in [0.25, 0.3) is 0 Å². The first kappa shape index (κ1) is 20.6. The van der Waals surface area contributed by atoms with Crippen LogP contribution in [0.4, 0.5) is 4.79 Å². The molecule has 0 radical (unpaired) electrons. The maximum atomic E-state index is 13.0.